The van der Waals surface area contributed by atoms with E-state index in [0.29, 0.717) is 12.8 Å². The lowest BCUT2D eigenvalue weighted by molar-refractivity contribution is -0.139. The van der Waals surface area contributed by atoms with Crippen molar-refractivity contribution in [3.05, 3.63) is 0 Å². The standard InChI is InChI=1S/C11H21NO5S/c1-2-17-11(14)8-18(15,16)12-9-6-4-3-5-7-10(9)13/h9-10,12-13H,2-8H2,1H3. The highest BCUT2D eigenvalue weighted by atomic mass is 32.2. The lowest BCUT2D eigenvalue weighted by atomic mass is 10.1. The number of ether oxygens (including phenoxy) is 1. The largest absolute Gasteiger partial charge is 0.465 e. The number of sulfonamides is 1. The smallest absolute Gasteiger partial charge is 0.322 e. The van der Waals surface area contributed by atoms with Crippen molar-refractivity contribution in [2.75, 3.05) is 12.4 Å². The lowest BCUT2D eigenvalue weighted by Crippen LogP contribution is -2.44. The molecule has 2 atom stereocenters. The Morgan fingerprint density at radius 2 is 2.00 bits per heavy atom. The summed E-state index contributed by atoms with van der Waals surface area (Å²) in [7, 11) is -3.74. The number of aliphatic hydroxyl groups is 1. The van der Waals surface area contributed by atoms with Gasteiger partial charge in [-0.15, -0.1) is 0 Å². The fraction of sp³-hybridized carbons (Fsp3) is 0.909. The van der Waals surface area contributed by atoms with Crippen molar-refractivity contribution in [1.82, 2.24) is 4.72 Å². The number of esters is 1. The highest BCUT2D eigenvalue weighted by Gasteiger charge is 2.27. The normalized spacial score (nSPS) is 25.4. The molecule has 0 radical (unpaired) electrons. The minimum atomic E-state index is -3.74. The molecule has 6 nitrogen and oxygen atoms in total. The summed E-state index contributed by atoms with van der Waals surface area (Å²) < 4.78 is 30.4. The van der Waals surface area contributed by atoms with Crippen LogP contribution in [0.2, 0.25) is 0 Å². The molecule has 1 rings (SSSR count). The van der Waals surface area contributed by atoms with Crippen LogP contribution in [0.1, 0.15) is 39.0 Å². The predicted molar refractivity (Wildman–Crippen MR) is 66.4 cm³/mol. The number of nitrogens with one attached hydrogen (secondary N) is 1. The van der Waals surface area contributed by atoms with E-state index in [2.05, 4.69) is 9.46 Å². The summed E-state index contributed by atoms with van der Waals surface area (Å²) in [5, 5.41) is 9.81. The van der Waals surface area contributed by atoms with Crippen LogP contribution in [-0.4, -0.2) is 44.0 Å². The van der Waals surface area contributed by atoms with E-state index >= 15 is 0 Å². The number of carbonyl (C=O) groups is 1. The van der Waals surface area contributed by atoms with E-state index in [1.54, 1.807) is 6.92 Å². The third-order valence-electron chi connectivity index (χ3n) is 2.92. The molecule has 0 bridgehead atoms. The highest BCUT2D eigenvalue weighted by Crippen LogP contribution is 2.18. The monoisotopic (exact) mass is 279 g/mol. The molecule has 0 amide bonds. The summed E-state index contributed by atoms with van der Waals surface area (Å²) in [5.74, 6) is -1.46. The number of rotatable bonds is 5. The molecule has 0 aliphatic heterocycles. The zero-order valence-electron chi connectivity index (χ0n) is 10.6. The number of carbonyl (C=O) groups excluding carboxylic acids is 1. The van der Waals surface area contributed by atoms with Crippen molar-refractivity contribution in [2.24, 2.45) is 0 Å². The maximum atomic E-state index is 11.7. The summed E-state index contributed by atoms with van der Waals surface area (Å²) in [6, 6.07) is -0.494. The van der Waals surface area contributed by atoms with Crippen LogP contribution >= 0.6 is 0 Å². The van der Waals surface area contributed by atoms with Crippen molar-refractivity contribution in [3.8, 4) is 0 Å². The molecule has 0 aromatic heterocycles. The van der Waals surface area contributed by atoms with Gasteiger partial charge in [-0.25, -0.2) is 13.1 Å². The first kappa shape index (κ1) is 15.4. The van der Waals surface area contributed by atoms with E-state index in [1.807, 2.05) is 0 Å². The summed E-state index contributed by atoms with van der Waals surface area (Å²) in [6.07, 6.45) is 3.29. The Morgan fingerprint density at radius 1 is 1.33 bits per heavy atom. The maximum Gasteiger partial charge on any atom is 0.322 e. The van der Waals surface area contributed by atoms with E-state index in [0.717, 1.165) is 19.3 Å². The van der Waals surface area contributed by atoms with Gasteiger partial charge in [0.15, 0.2) is 5.75 Å². The van der Waals surface area contributed by atoms with E-state index in [4.69, 9.17) is 0 Å². The molecular weight excluding hydrogens is 258 g/mol. The van der Waals surface area contributed by atoms with Gasteiger partial charge in [0.05, 0.1) is 12.7 Å². The third-order valence-corrected chi connectivity index (χ3v) is 4.20. The molecule has 18 heavy (non-hydrogen) atoms. The summed E-state index contributed by atoms with van der Waals surface area (Å²) in [5.41, 5.74) is 0. The van der Waals surface area contributed by atoms with Crippen molar-refractivity contribution in [3.63, 3.8) is 0 Å². The zero-order chi connectivity index (χ0) is 13.6. The first-order chi connectivity index (χ1) is 8.44. The van der Waals surface area contributed by atoms with Crippen LogP contribution in [0.25, 0.3) is 0 Å². The molecule has 1 saturated carbocycles. The van der Waals surface area contributed by atoms with Crippen LogP contribution < -0.4 is 4.72 Å². The summed E-state index contributed by atoms with van der Waals surface area (Å²) >= 11 is 0. The van der Waals surface area contributed by atoms with Crippen molar-refractivity contribution in [2.45, 2.75) is 51.2 Å². The van der Waals surface area contributed by atoms with E-state index in [-0.39, 0.29) is 6.61 Å². The molecular formula is C11H21NO5S. The first-order valence-electron chi connectivity index (χ1n) is 6.28. The molecule has 0 spiro atoms. The molecule has 0 heterocycles. The molecule has 1 aliphatic rings. The predicted octanol–water partition coefficient (Wildman–Crippen LogP) is 0.162. The Bertz CT molecular complexity index is 368. The Labute approximate surface area is 108 Å². The van der Waals surface area contributed by atoms with Crippen LogP contribution in [0, 0.1) is 0 Å². The highest BCUT2D eigenvalue weighted by molar-refractivity contribution is 7.90. The molecule has 7 heteroatoms. The van der Waals surface area contributed by atoms with Crippen LogP contribution in [0.5, 0.6) is 0 Å². The SMILES string of the molecule is CCOC(=O)CS(=O)(=O)NC1CCCCCC1O. The van der Waals surface area contributed by atoms with E-state index in [1.165, 1.54) is 0 Å². The molecule has 1 fully saturated rings. The summed E-state index contributed by atoms with van der Waals surface area (Å²) in [6.45, 7) is 1.77. The second kappa shape index (κ2) is 7.06. The van der Waals surface area contributed by atoms with E-state index in [9.17, 15) is 18.3 Å². The average Bonchev–Trinajstić information content (AvgIpc) is 2.43. The Morgan fingerprint density at radius 3 is 2.67 bits per heavy atom. The Hall–Kier alpha value is -0.660. The first-order valence-corrected chi connectivity index (χ1v) is 7.93. The Balaban J connectivity index is 2.55. The quantitative estimate of drug-likeness (QED) is 0.552. The van der Waals surface area contributed by atoms with Gasteiger partial charge in [0.2, 0.25) is 10.0 Å². The second-order valence-corrected chi connectivity index (χ2v) is 6.25. The van der Waals surface area contributed by atoms with Crippen molar-refractivity contribution in [1.29, 1.82) is 0 Å². The van der Waals surface area contributed by atoms with Gasteiger partial charge >= 0.3 is 5.97 Å². The van der Waals surface area contributed by atoms with Gasteiger partial charge in [0.1, 0.15) is 0 Å². The Kier molecular flexibility index (Phi) is 6.04. The molecule has 0 aromatic carbocycles. The minimum Gasteiger partial charge on any atom is -0.465 e. The van der Waals surface area contributed by atoms with Gasteiger partial charge in [0.25, 0.3) is 0 Å². The molecule has 2 unspecified atom stereocenters. The van der Waals surface area contributed by atoms with Crippen molar-refractivity contribution >= 4 is 16.0 Å². The second-order valence-electron chi connectivity index (χ2n) is 4.49. The van der Waals surface area contributed by atoms with Gasteiger partial charge in [-0.3, -0.25) is 4.79 Å². The minimum absolute atomic E-state index is 0.153. The maximum absolute atomic E-state index is 11.7. The lowest BCUT2D eigenvalue weighted by Gasteiger charge is -2.21. The van der Waals surface area contributed by atoms with Gasteiger partial charge in [0, 0.05) is 6.04 Å². The molecule has 0 saturated heterocycles. The van der Waals surface area contributed by atoms with Crippen LogP contribution in [-0.2, 0) is 19.6 Å². The molecule has 1 aliphatic carbocycles. The van der Waals surface area contributed by atoms with Crippen molar-refractivity contribution < 1.29 is 23.1 Å². The fourth-order valence-electron chi connectivity index (χ4n) is 2.06. The molecule has 106 valence electrons. The van der Waals surface area contributed by atoms with Gasteiger partial charge in [-0.2, -0.15) is 0 Å². The van der Waals surface area contributed by atoms with E-state index < -0.39 is 33.9 Å². The van der Waals surface area contributed by atoms with Gasteiger partial charge in [-0.05, 0) is 19.8 Å². The van der Waals surface area contributed by atoms with Gasteiger partial charge < -0.3 is 9.84 Å². The van der Waals surface area contributed by atoms with Crippen LogP contribution in [0.15, 0.2) is 0 Å². The number of hydrogen-bond acceptors (Lipinski definition) is 5. The van der Waals surface area contributed by atoms with Crippen LogP contribution in [0.4, 0.5) is 0 Å². The number of hydrogen-bond donors (Lipinski definition) is 2. The zero-order valence-corrected chi connectivity index (χ0v) is 11.4. The van der Waals surface area contributed by atoms with Gasteiger partial charge in [-0.1, -0.05) is 19.3 Å². The number of aliphatic hydroxyl groups excluding tert-OH is 1. The molecule has 2 N–H and O–H groups in total. The third kappa shape index (κ3) is 5.32. The fourth-order valence-corrected chi connectivity index (χ4v) is 3.27. The topological polar surface area (TPSA) is 92.7 Å². The average molecular weight is 279 g/mol. The van der Waals surface area contributed by atoms with Crippen LogP contribution in [0.3, 0.4) is 0 Å². The molecule has 0 aromatic rings. The summed E-state index contributed by atoms with van der Waals surface area (Å²) in [4.78, 5) is 11.1.